The molecule has 10 heteroatoms. The Morgan fingerprint density at radius 1 is 1.04 bits per heavy atom. The van der Waals surface area contributed by atoms with E-state index in [9.17, 15) is 9.90 Å². The van der Waals surface area contributed by atoms with Gasteiger partial charge in [-0.1, -0.05) is 76.2 Å². The summed E-state index contributed by atoms with van der Waals surface area (Å²) in [5, 5.41) is 17.7. The molecule has 0 fully saturated rings. The van der Waals surface area contributed by atoms with Gasteiger partial charge in [0.15, 0.2) is 5.75 Å². The number of hydrogen-bond acceptors (Lipinski definition) is 4. The molecule has 28 heavy (non-hydrogen) atoms. The minimum atomic E-state index is -1.27. The van der Waals surface area contributed by atoms with Crippen LogP contribution in [0.15, 0.2) is 36.9 Å². The maximum absolute atomic E-state index is 10.6. The van der Waals surface area contributed by atoms with Gasteiger partial charge in [-0.05, 0) is 24.1 Å². The van der Waals surface area contributed by atoms with Gasteiger partial charge in [0.25, 0.3) is 6.29 Å². The van der Waals surface area contributed by atoms with Gasteiger partial charge >= 0.3 is 5.97 Å². The number of ether oxygens (including phenoxy) is 2. The highest BCUT2D eigenvalue weighted by atomic mass is 35.5. The zero-order valence-electron chi connectivity index (χ0n) is 14.4. The Balaban J connectivity index is 0.000000292. The van der Waals surface area contributed by atoms with E-state index in [-0.39, 0.29) is 30.9 Å². The monoisotopic (exact) mass is 486 g/mol. The summed E-state index contributed by atoms with van der Waals surface area (Å²) in [6.07, 6.45) is 1.29. The Hall–Kier alpha value is -1.34. The molecule has 0 aliphatic carbocycles. The number of phenolic OH excluding ortho intramolecular Hbond substituents is 1. The van der Waals surface area contributed by atoms with Crippen molar-refractivity contribution in [1.29, 1.82) is 0 Å². The topological polar surface area (TPSA) is 76.0 Å². The molecule has 5 nitrogen and oxygen atoms in total. The molecule has 2 N–H and O–H groups in total. The van der Waals surface area contributed by atoms with Gasteiger partial charge < -0.3 is 19.7 Å². The number of allylic oxidation sites excluding steroid dienone is 1. The Labute approximate surface area is 186 Å². The molecule has 0 aromatic heterocycles. The lowest BCUT2D eigenvalue weighted by Crippen LogP contribution is -2.28. The van der Waals surface area contributed by atoms with Crippen LogP contribution in [0, 0.1) is 0 Å². The van der Waals surface area contributed by atoms with Crippen LogP contribution in [-0.4, -0.2) is 29.6 Å². The number of aliphatic carboxylic acids is 1. The fraction of sp³-hybridized carbons (Fsp3) is 0.167. The molecule has 0 amide bonds. The Kier molecular flexibility index (Phi) is 10.2. The Morgan fingerprint density at radius 3 is 1.89 bits per heavy atom. The molecule has 2 aromatic rings. The lowest BCUT2D eigenvalue weighted by Gasteiger charge is -2.13. The highest BCUT2D eigenvalue weighted by Gasteiger charge is 2.18. The molecule has 2 aromatic carbocycles. The summed E-state index contributed by atoms with van der Waals surface area (Å²) in [5.41, 5.74) is 1.09. The van der Waals surface area contributed by atoms with E-state index in [0.717, 1.165) is 12.0 Å². The minimum absolute atomic E-state index is 0.00904. The second-order valence-corrected chi connectivity index (χ2v) is 6.97. The molecule has 0 bridgehead atoms. The SMILES string of the molecule is C=CCc1ccc(OC(OC)C(=O)O)cc1.Oc1c(Cl)c(Cl)c(Cl)c(Cl)c1Cl. The summed E-state index contributed by atoms with van der Waals surface area (Å²) in [5.74, 6) is -1.06. The molecule has 0 spiro atoms. The zero-order valence-corrected chi connectivity index (χ0v) is 18.2. The van der Waals surface area contributed by atoms with Gasteiger partial charge in [-0.15, -0.1) is 6.58 Å². The predicted molar refractivity (Wildman–Crippen MR) is 113 cm³/mol. The first kappa shape index (κ1) is 24.7. The van der Waals surface area contributed by atoms with Gasteiger partial charge in [0.2, 0.25) is 0 Å². The Bertz CT molecular complexity index is 734. The molecule has 0 radical (unpaired) electrons. The maximum Gasteiger partial charge on any atom is 0.373 e. The number of carboxylic acids is 1. The van der Waals surface area contributed by atoms with E-state index in [1.165, 1.54) is 7.11 Å². The molecule has 0 heterocycles. The average Bonchev–Trinajstić information content (AvgIpc) is 2.69. The zero-order chi connectivity index (χ0) is 21.4. The molecule has 1 unspecified atom stereocenters. The molecule has 0 aliphatic rings. The van der Waals surface area contributed by atoms with E-state index >= 15 is 0 Å². The third kappa shape index (κ3) is 6.62. The first-order valence-electron chi connectivity index (χ1n) is 7.46. The minimum Gasteiger partial charge on any atom is -0.505 e. The van der Waals surface area contributed by atoms with E-state index in [2.05, 4.69) is 11.3 Å². The highest BCUT2D eigenvalue weighted by Crippen LogP contribution is 2.47. The summed E-state index contributed by atoms with van der Waals surface area (Å²) in [7, 11) is 1.28. The fourth-order valence-corrected chi connectivity index (χ4v) is 2.92. The van der Waals surface area contributed by atoms with Crippen molar-refractivity contribution in [3.8, 4) is 11.5 Å². The number of phenols is 1. The van der Waals surface area contributed by atoms with Crippen LogP contribution >= 0.6 is 58.0 Å². The van der Waals surface area contributed by atoms with Crippen LogP contribution in [-0.2, 0) is 16.0 Å². The molecular weight excluding hydrogens is 473 g/mol. The number of carbonyl (C=O) groups is 1. The van der Waals surface area contributed by atoms with Crippen LogP contribution in [0.3, 0.4) is 0 Å². The summed E-state index contributed by atoms with van der Waals surface area (Å²) >= 11 is 27.9. The molecule has 0 aliphatic heterocycles. The van der Waals surface area contributed by atoms with Crippen LogP contribution in [0.2, 0.25) is 25.1 Å². The number of halogens is 5. The second kappa shape index (κ2) is 11.6. The summed E-state index contributed by atoms with van der Waals surface area (Å²) in [6, 6.07) is 7.11. The lowest BCUT2D eigenvalue weighted by molar-refractivity contribution is -0.166. The van der Waals surface area contributed by atoms with Gasteiger partial charge in [0.1, 0.15) is 15.8 Å². The second-order valence-electron chi connectivity index (χ2n) is 5.08. The van der Waals surface area contributed by atoms with Crippen molar-refractivity contribution < 1.29 is 24.5 Å². The van der Waals surface area contributed by atoms with Crippen LogP contribution < -0.4 is 4.74 Å². The van der Waals surface area contributed by atoms with Gasteiger partial charge in [-0.3, -0.25) is 0 Å². The average molecular weight is 489 g/mol. The van der Waals surface area contributed by atoms with Crippen molar-refractivity contribution in [2.24, 2.45) is 0 Å². The van der Waals surface area contributed by atoms with Crippen molar-refractivity contribution >= 4 is 64.0 Å². The smallest absolute Gasteiger partial charge is 0.373 e. The van der Waals surface area contributed by atoms with Gasteiger partial charge in [0, 0.05) is 7.11 Å². The van der Waals surface area contributed by atoms with Crippen molar-refractivity contribution in [2.75, 3.05) is 7.11 Å². The van der Waals surface area contributed by atoms with Gasteiger partial charge in [-0.2, -0.15) is 0 Å². The largest absolute Gasteiger partial charge is 0.505 e. The maximum atomic E-state index is 10.6. The number of rotatable bonds is 6. The number of carboxylic acid groups (broad SMARTS) is 1. The van der Waals surface area contributed by atoms with E-state index < -0.39 is 12.3 Å². The third-order valence-electron chi connectivity index (χ3n) is 3.15. The number of hydrogen-bond donors (Lipinski definition) is 2. The van der Waals surface area contributed by atoms with Crippen molar-refractivity contribution in [2.45, 2.75) is 12.7 Å². The van der Waals surface area contributed by atoms with Crippen molar-refractivity contribution in [3.63, 3.8) is 0 Å². The van der Waals surface area contributed by atoms with Gasteiger partial charge in [0.05, 0.1) is 15.1 Å². The summed E-state index contributed by atoms with van der Waals surface area (Å²) in [6.45, 7) is 3.63. The van der Waals surface area contributed by atoms with E-state index in [1.807, 2.05) is 12.1 Å². The van der Waals surface area contributed by atoms with Crippen molar-refractivity contribution in [1.82, 2.24) is 0 Å². The lowest BCUT2D eigenvalue weighted by atomic mass is 10.1. The van der Waals surface area contributed by atoms with Crippen LogP contribution in [0.1, 0.15) is 5.56 Å². The first-order chi connectivity index (χ1) is 13.1. The van der Waals surface area contributed by atoms with Crippen LogP contribution in [0.25, 0.3) is 0 Å². The van der Waals surface area contributed by atoms with Gasteiger partial charge in [-0.25, -0.2) is 4.79 Å². The predicted octanol–water partition coefficient (Wildman–Crippen LogP) is 6.51. The molecule has 0 saturated heterocycles. The number of benzene rings is 2. The standard InChI is InChI=1S/C12H14O4.C6HCl5O/c1-3-4-9-5-7-10(8-6-9)16-12(15-2)11(13)14;7-1-2(8)4(10)6(12)5(11)3(1)9/h3,5-8,12H,1,4H2,2H3,(H,13,14);12H. The quantitative estimate of drug-likeness (QED) is 0.210. The summed E-state index contributed by atoms with van der Waals surface area (Å²) < 4.78 is 9.77. The highest BCUT2D eigenvalue weighted by molar-refractivity contribution is 6.55. The molecule has 152 valence electrons. The van der Waals surface area contributed by atoms with E-state index in [1.54, 1.807) is 18.2 Å². The van der Waals surface area contributed by atoms with Crippen LogP contribution in [0.4, 0.5) is 0 Å². The third-order valence-corrected chi connectivity index (χ3v) is 5.41. The van der Waals surface area contributed by atoms with E-state index in [4.69, 9.17) is 67.8 Å². The number of aromatic hydroxyl groups is 1. The Morgan fingerprint density at radius 2 is 1.50 bits per heavy atom. The van der Waals surface area contributed by atoms with E-state index in [0.29, 0.717) is 5.75 Å². The molecular formula is C18H15Cl5O5. The normalized spacial score (nSPS) is 11.2. The molecule has 0 saturated carbocycles. The summed E-state index contributed by atoms with van der Waals surface area (Å²) in [4.78, 5) is 10.6. The molecule has 1 atom stereocenters. The fourth-order valence-electron chi connectivity index (χ4n) is 1.79. The molecule has 2 rings (SSSR count). The van der Waals surface area contributed by atoms with Crippen LogP contribution in [0.5, 0.6) is 11.5 Å². The van der Waals surface area contributed by atoms with Crippen molar-refractivity contribution in [3.05, 3.63) is 67.6 Å². The number of methoxy groups -OCH3 is 1. The first-order valence-corrected chi connectivity index (χ1v) is 9.35.